The molecule has 34 heavy (non-hydrogen) atoms. The third kappa shape index (κ3) is 4.42. The van der Waals surface area contributed by atoms with Gasteiger partial charge in [0.15, 0.2) is 0 Å². The van der Waals surface area contributed by atoms with E-state index >= 15 is 0 Å². The number of benzene rings is 3. The minimum Gasteiger partial charge on any atom is -0.369 e. The third-order valence-corrected chi connectivity index (χ3v) is 8.26. The Morgan fingerprint density at radius 3 is 2.44 bits per heavy atom. The fourth-order valence-corrected chi connectivity index (χ4v) is 6.69. The molecule has 174 valence electrons. The summed E-state index contributed by atoms with van der Waals surface area (Å²) >= 11 is 1.92. The van der Waals surface area contributed by atoms with Crippen LogP contribution in [0.15, 0.2) is 95.5 Å². The highest BCUT2D eigenvalue weighted by Crippen LogP contribution is 2.47. The van der Waals surface area contributed by atoms with Crippen molar-refractivity contribution >= 4 is 58.4 Å². The van der Waals surface area contributed by atoms with Crippen molar-refractivity contribution in [3.8, 4) is 0 Å². The lowest BCUT2D eigenvalue weighted by Crippen LogP contribution is -2.27. The molecule has 2 nitrogen and oxygen atoms in total. The zero-order chi connectivity index (χ0) is 22.2. The maximum atomic E-state index is 3.76. The van der Waals surface area contributed by atoms with Crippen molar-refractivity contribution in [1.29, 1.82) is 0 Å². The maximum absolute atomic E-state index is 3.76. The molecule has 3 aliphatic rings. The molecule has 0 bridgehead atoms. The Morgan fingerprint density at radius 1 is 0.882 bits per heavy atom. The Bertz CT molecular complexity index is 1230. The summed E-state index contributed by atoms with van der Waals surface area (Å²) in [6.45, 7) is 2.19. The average Bonchev–Trinajstić information content (AvgIpc) is 3.29. The minimum atomic E-state index is 0. The summed E-state index contributed by atoms with van der Waals surface area (Å²) in [4.78, 5) is 3.87. The first kappa shape index (κ1) is 23.6. The molecular formula is C30H31IN2S. The van der Waals surface area contributed by atoms with Crippen LogP contribution in [0.25, 0.3) is 5.57 Å². The topological polar surface area (TPSA) is 15.3 Å². The molecule has 6 rings (SSSR count). The van der Waals surface area contributed by atoms with Gasteiger partial charge in [-0.1, -0.05) is 79.6 Å². The van der Waals surface area contributed by atoms with Crippen LogP contribution in [-0.2, 0) is 0 Å². The largest absolute Gasteiger partial charge is 0.369 e. The number of rotatable bonds is 3. The molecule has 0 radical (unpaired) electrons. The monoisotopic (exact) mass is 578 g/mol. The van der Waals surface area contributed by atoms with Crippen molar-refractivity contribution in [2.75, 3.05) is 10.2 Å². The first-order valence-electron chi connectivity index (χ1n) is 12.2. The second kappa shape index (κ2) is 10.2. The highest BCUT2D eigenvalue weighted by Gasteiger charge is 2.31. The van der Waals surface area contributed by atoms with Gasteiger partial charge in [0.05, 0.1) is 16.7 Å². The van der Waals surface area contributed by atoms with Crippen LogP contribution in [-0.4, -0.2) is 5.37 Å². The Morgan fingerprint density at radius 2 is 1.65 bits per heavy atom. The zero-order valence-electron chi connectivity index (χ0n) is 19.5. The lowest BCUT2D eigenvalue weighted by molar-refractivity contribution is 0.399. The van der Waals surface area contributed by atoms with E-state index in [1.54, 1.807) is 0 Å². The van der Waals surface area contributed by atoms with E-state index in [1.807, 2.05) is 11.8 Å². The molecule has 0 saturated heterocycles. The van der Waals surface area contributed by atoms with Crippen molar-refractivity contribution in [3.05, 3.63) is 102 Å². The molecule has 3 aromatic rings. The van der Waals surface area contributed by atoms with E-state index in [2.05, 4.69) is 102 Å². The van der Waals surface area contributed by atoms with E-state index in [1.165, 1.54) is 76.5 Å². The summed E-state index contributed by atoms with van der Waals surface area (Å²) in [5.41, 5.74) is 9.29. The predicted molar refractivity (Wildman–Crippen MR) is 158 cm³/mol. The van der Waals surface area contributed by atoms with Crippen LogP contribution < -0.4 is 10.2 Å². The molecule has 1 aliphatic carbocycles. The molecule has 2 heterocycles. The Labute approximate surface area is 224 Å². The van der Waals surface area contributed by atoms with Crippen LogP contribution in [0.1, 0.15) is 43.2 Å². The van der Waals surface area contributed by atoms with Gasteiger partial charge in [-0.15, -0.1) is 24.0 Å². The molecule has 1 fully saturated rings. The quantitative estimate of drug-likeness (QED) is 0.312. The Balaban J connectivity index is 0.00000241. The highest BCUT2D eigenvalue weighted by molar-refractivity contribution is 14.0. The summed E-state index contributed by atoms with van der Waals surface area (Å²) in [5, 5.41) is 4.01. The van der Waals surface area contributed by atoms with Gasteiger partial charge in [0.2, 0.25) is 0 Å². The van der Waals surface area contributed by atoms with Gasteiger partial charge in [0, 0.05) is 21.8 Å². The Hall–Kier alpha value is -2.18. The van der Waals surface area contributed by atoms with Gasteiger partial charge in [0.25, 0.3) is 0 Å². The highest BCUT2D eigenvalue weighted by atomic mass is 127. The average molecular weight is 579 g/mol. The summed E-state index contributed by atoms with van der Waals surface area (Å²) in [6.07, 6.45) is 11.5. The van der Waals surface area contributed by atoms with Gasteiger partial charge in [-0.05, 0) is 73.2 Å². The fraction of sp³-hybridized carbons (Fsp3) is 0.267. The normalized spacial score (nSPS) is 20.7. The van der Waals surface area contributed by atoms with Gasteiger partial charge in [-0.2, -0.15) is 0 Å². The van der Waals surface area contributed by atoms with E-state index in [4.69, 9.17) is 0 Å². The number of allylic oxidation sites excluding steroid dienone is 3. The van der Waals surface area contributed by atoms with Gasteiger partial charge < -0.3 is 10.2 Å². The maximum Gasteiger partial charge on any atom is 0.0966 e. The predicted octanol–water partition coefficient (Wildman–Crippen LogP) is 9.16. The number of anilines is 3. The van der Waals surface area contributed by atoms with Gasteiger partial charge in [0.1, 0.15) is 0 Å². The van der Waals surface area contributed by atoms with Crippen molar-refractivity contribution in [3.63, 3.8) is 0 Å². The van der Waals surface area contributed by atoms with Crippen molar-refractivity contribution in [1.82, 2.24) is 0 Å². The molecule has 0 spiro atoms. The van der Waals surface area contributed by atoms with E-state index in [-0.39, 0.29) is 29.4 Å². The van der Waals surface area contributed by atoms with Gasteiger partial charge in [-0.3, -0.25) is 0 Å². The standard InChI is InChI=1S/C30H30N2S.HI/c1-21-11-10-18-28-30(21)31-29(33-28)20-23-19-27(22-12-4-2-5-13-22)32(24-14-6-3-7-15-24)26-17-9-8-16-25(23)26;/h3,6-11,14-20,22,29,31H,2,4-5,12-13H2,1H3;1H. The summed E-state index contributed by atoms with van der Waals surface area (Å²) < 4.78 is 0. The van der Waals surface area contributed by atoms with E-state index < -0.39 is 0 Å². The van der Waals surface area contributed by atoms with Crippen molar-refractivity contribution in [2.24, 2.45) is 5.92 Å². The molecular weight excluding hydrogens is 547 g/mol. The first-order valence-corrected chi connectivity index (χ1v) is 13.1. The van der Waals surface area contributed by atoms with Crippen LogP contribution >= 0.6 is 35.7 Å². The number of nitrogens with zero attached hydrogens (tertiary/aromatic N) is 1. The van der Waals surface area contributed by atoms with Crippen molar-refractivity contribution in [2.45, 2.75) is 49.3 Å². The van der Waals surface area contributed by atoms with Crippen molar-refractivity contribution < 1.29 is 0 Å². The molecule has 1 unspecified atom stereocenters. The fourth-order valence-electron chi connectivity index (χ4n) is 5.53. The number of hydrogen-bond acceptors (Lipinski definition) is 3. The number of thioether (sulfide) groups is 1. The molecule has 2 aliphatic heterocycles. The smallest absolute Gasteiger partial charge is 0.0966 e. The number of aryl methyl sites for hydroxylation is 1. The molecule has 0 aromatic heterocycles. The molecule has 1 atom stereocenters. The summed E-state index contributed by atoms with van der Waals surface area (Å²) in [6, 6.07) is 26.4. The number of para-hydroxylation sites is 3. The molecule has 0 amide bonds. The van der Waals surface area contributed by atoms with Crippen LogP contribution in [0.2, 0.25) is 0 Å². The van der Waals surface area contributed by atoms with E-state index in [9.17, 15) is 0 Å². The van der Waals surface area contributed by atoms with Gasteiger partial charge in [-0.25, -0.2) is 0 Å². The number of fused-ring (bicyclic) bond motifs is 2. The third-order valence-electron chi connectivity index (χ3n) is 7.16. The second-order valence-electron chi connectivity index (χ2n) is 9.35. The number of hydrogen-bond donors (Lipinski definition) is 1. The van der Waals surface area contributed by atoms with Crippen LogP contribution in [0.3, 0.4) is 0 Å². The first-order chi connectivity index (χ1) is 16.3. The molecule has 4 heteroatoms. The van der Waals surface area contributed by atoms with Crippen LogP contribution in [0, 0.1) is 12.8 Å². The molecule has 3 aromatic carbocycles. The number of halogens is 1. The minimum absolute atomic E-state index is 0. The SMILES string of the molecule is Cc1cccc2c1NC(C=C1C=C(C3CCCCC3)N(c3ccccc3)c3ccccc31)S2.I. The van der Waals surface area contributed by atoms with E-state index in [0.29, 0.717) is 5.92 Å². The summed E-state index contributed by atoms with van der Waals surface area (Å²) in [7, 11) is 0. The second-order valence-corrected chi connectivity index (χ2v) is 10.5. The Kier molecular flexibility index (Phi) is 7.07. The van der Waals surface area contributed by atoms with E-state index in [0.717, 1.165) is 0 Å². The van der Waals surface area contributed by atoms with Gasteiger partial charge >= 0.3 is 0 Å². The lowest BCUT2D eigenvalue weighted by Gasteiger charge is -2.39. The van der Waals surface area contributed by atoms with Crippen LogP contribution in [0.4, 0.5) is 17.1 Å². The number of nitrogens with one attached hydrogen (secondary N) is 1. The summed E-state index contributed by atoms with van der Waals surface area (Å²) in [5.74, 6) is 0.611. The van der Waals surface area contributed by atoms with Crippen LogP contribution in [0.5, 0.6) is 0 Å². The zero-order valence-corrected chi connectivity index (χ0v) is 22.7. The lowest BCUT2D eigenvalue weighted by atomic mass is 9.83. The molecule has 1 saturated carbocycles. The molecule has 1 N–H and O–H groups in total.